The maximum Gasteiger partial charge on any atom is 0.320 e. The van der Waals surface area contributed by atoms with Gasteiger partial charge in [0.2, 0.25) is 5.91 Å². The second kappa shape index (κ2) is 12.7. The minimum Gasteiger partial charge on any atom is -0.480 e. The summed E-state index contributed by atoms with van der Waals surface area (Å²) >= 11 is 0. The van der Waals surface area contributed by atoms with Gasteiger partial charge in [0.1, 0.15) is 6.04 Å². The van der Waals surface area contributed by atoms with Crippen LogP contribution in [-0.4, -0.2) is 29.6 Å². The van der Waals surface area contributed by atoms with Crippen molar-refractivity contribution in [2.75, 3.05) is 6.54 Å². The van der Waals surface area contributed by atoms with E-state index in [0.29, 0.717) is 25.8 Å². The lowest BCUT2D eigenvalue weighted by molar-refractivity contribution is -0.138. The fraction of sp³-hybridized carbons (Fsp3) is 0.733. The zero-order valence-corrected chi connectivity index (χ0v) is 12.4. The second-order valence-corrected chi connectivity index (χ2v) is 4.94. The first-order valence-corrected chi connectivity index (χ1v) is 7.48. The van der Waals surface area contributed by atoms with Gasteiger partial charge in [0.15, 0.2) is 0 Å². The minimum atomic E-state index is -0.969. The molecule has 0 bridgehead atoms. The van der Waals surface area contributed by atoms with Gasteiger partial charge < -0.3 is 16.2 Å². The first-order chi connectivity index (χ1) is 9.57. The number of unbranched alkanes of at least 4 members (excludes halogenated alkanes) is 3. The van der Waals surface area contributed by atoms with Gasteiger partial charge in [-0.05, 0) is 32.1 Å². The molecular formula is C15H28N2O3. The first-order valence-electron chi connectivity index (χ1n) is 7.48. The van der Waals surface area contributed by atoms with Crippen molar-refractivity contribution in [3.63, 3.8) is 0 Å². The van der Waals surface area contributed by atoms with Gasteiger partial charge in [-0.25, -0.2) is 0 Å². The monoisotopic (exact) mass is 284 g/mol. The van der Waals surface area contributed by atoms with E-state index in [4.69, 9.17) is 10.8 Å². The van der Waals surface area contributed by atoms with Gasteiger partial charge in [0, 0.05) is 13.0 Å². The summed E-state index contributed by atoms with van der Waals surface area (Å²) in [6.07, 6.45) is 10.9. The molecule has 0 rings (SSSR count). The SMILES string of the molecule is CCCC/C=C/CCC(=O)NCCCC[C@H](N)C(=O)O. The molecule has 4 N–H and O–H groups in total. The third kappa shape index (κ3) is 11.7. The van der Waals surface area contributed by atoms with Crippen molar-refractivity contribution in [2.24, 2.45) is 5.73 Å². The van der Waals surface area contributed by atoms with Crippen LogP contribution in [0.4, 0.5) is 0 Å². The average molecular weight is 284 g/mol. The number of carboxylic acid groups (broad SMARTS) is 1. The highest BCUT2D eigenvalue weighted by Gasteiger charge is 2.09. The number of nitrogens with one attached hydrogen (secondary N) is 1. The number of allylic oxidation sites excluding steroid dienone is 2. The molecule has 1 amide bonds. The molecular weight excluding hydrogens is 256 g/mol. The Morgan fingerprint density at radius 1 is 1.20 bits per heavy atom. The quantitative estimate of drug-likeness (QED) is 0.378. The molecule has 0 heterocycles. The molecule has 0 fully saturated rings. The van der Waals surface area contributed by atoms with Gasteiger partial charge in [-0.15, -0.1) is 0 Å². The Labute approximate surface area is 121 Å². The molecule has 0 aliphatic heterocycles. The van der Waals surface area contributed by atoms with E-state index in [-0.39, 0.29) is 5.91 Å². The molecule has 5 heteroatoms. The third-order valence-corrected chi connectivity index (χ3v) is 3.01. The van der Waals surface area contributed by atoms with E-state index >= 15 is 0 Å². The van der Waals surface area contributed by atoms with E-state index < -0.39 is 12.0 Å². The number of amides is 1. The van der Waals surface area contributed by atoms with Crippen molar-refractivity contribution in [3.05, 3.63) is 12.2 Å². The number of nitrogens with two attached hydrogens (primary N) is 1. The maximum absolute atomic E-state index is 11.5. The van der Waals surface area contributed by atoms with E-state index in [2.05, 4.69) is 24.4 Å². The van der Waals surface area contributed by atoms with Gasteiger partial charge in [0.25, 0.3) is 0 Å². The standard InChI is InChI=1S/C15H28N2O3/c1-2-3-4-5-6-7-11-14(18)17-12-9-8-10-13(16)15(19)20/h5-6,13H,2-4,7-12,16H2,1H3,(H,17,18)(H,19,20)/b6-5+/t13-/m0/s1. The number of hydrogen-bond donors (Lipinski definition) is 3. The van der Waals surface area contributed by atoms with Crippen molar-refractivity contribution < 1.29 is 14.7 Å². The van der Waals surface area contributed by atoms with Gasteiger partial charge in [-0.2, -0.15) is 0 Å². The molecule has 0 saturated carbocycles. The topological polar surface area (TPSA) is 92.4 Å². The molecule has 0 aliphatic carbocycles. The number of aliphatic carboxylic acids is 1. The number of rotatable bonds is 12. The van der Waals surface area contributed by atoms with E-state index in [9.17, 15) is 9.59 Å². The summed E-state index contributed by atoms with van der Waals surface area (Å²) < 4.78 is 0. The Morgan fingerprint density at radius 2 is 1.90 bits per heavy atom. The van der Waals surface area contributed by atoms with Crippen molar-refractivity contribution >= 4 is 11.9 Å². The molecule has 0 spiro atoms. The van der Waals surface area contributed by atoms with Crippen LogP contribution in [0.3, 0.4) is 0 Å². The van der Waals surface area contributed by atoms with Crippen LogP contribution in [0.5, 0.6) is 0 Å². The Morgan fingerprint density at radius 3 is 2.55 bits per heavy atom. The summed E-state index contributed by atoms with van der Waals surface area (Å²) in [4.78, 5) is 22.0. The minimum absolute atomic E-state index is 0.0488. The van der Waals surface area contributed by atoms with E-state index in [1.165, 1.54) is 12.8 Å². The van der Waals surface area contributed by atoms with Crippen LogP contribution in [0, 0.1) is 0 Å². The third-order valence-electron chi connectivity index (χ3n) is 3.01. The molecule has 0 aromatic carbocycles. The lowest BCUT2D eigenvalue weighted by Crippen LogP contribution is -2.30. The predicted molar refractivity (Wildman–Crippen MR) is 80.4 cm³/mol. The summed E-state index contributed by atoms with van der Waals surface area (Å²) in [5, 5.41) is 11.4. The zero-order chi connectivity index (χ0) is 15.2. The van der Waals surface area contributed by atoms with E-state index in [0.717, 1.165) is 19.3 Å². The van der Waals surface area contributed by atoms with Gasteiger partial charge in [-0.3, -0.25) is 9.59 Å². The van der Waals surface area contributed by atoms with Crippen molar-refractivity contribution in [1.82, 2.24) is 5.32 Å². The van der Waals surface area contributed by atoms with Crippen LogP contribution in [0.1, 0.15) is 58.3 Å². The number of carbonyl (C=O) groups excluding carboxylic acids is 1. The normalized spacial score (nSPS) is 12.5. The molecule has 0 aromatic rings. The Balaban J connectivity index is 3.41. The number of carboxylic acids is 1. The van der Waals surface area contributed by atoms with Crippen molar-refractivity contribution in [3.8, 4) is 0 Å². The Kier molecular flexibility index (Phi) is 11.8. The number of hydrogen-bond acceptors (Lipinski definition) is 3. The Bertz CT molecular complexity index is 303. The van der Waals surface area contributed by atoms with Crippen LogP contribution in [-0.2, 0) is 9.59 Å². The highest BCUT2D eigenvalue weighted by Crippen LogP contribution is 2.00. The fourth-order valence-corrected chi connectivity index (χ4v) is 1.70. The van der Waals surface area contributed by atoms with E-state index in [1.807, 2.05) is 0 Å². The summed E-state index contributed by atoms with van der Waals surface area (Å²) in [6, 6.07) is -0.793. The number of carbonyl (C=O) groups is 2. The molecule has 0 saturated heterocycles. The molecule has 116 valence electrons. The van der Waals surface area contributed by atoms with Gasteiger partial charge >= 0.3 is 5.97 Å². The zero-order valence-electron chi connectivity index (χ0n) is 12.4. The molecule has 0 unspecified atom stereocenters. The van der Waals surface area contributed by atoms with Crippen molar-refractivity contribution in [1.29, 1.82) is 0 Å². The van der Waals surface area contributed by atoms with Crippen LogP contribution >= 0.6 is 0 Å². The summed E-state index contributed by atoms with van der Waals surface area (Å²) in [6.45, 7) is 2.75. The molecule has 0 aromatic heterocycles. The smallest absolute Gasteiger partial charge is 0.320 e. The molecule has 0 radical (unpaired) electrons. The average Bonchev–Trinajstić information content (AvgIpc) is 2.41. The van der Waals surface area contributed by atoms with Crippen LogP contribution in [0.25, 0.3) is 0 Å². The highest BCUT2D eigenvalue weighted by molar-refractivity contribution is 5.75. The fourth-order valence-electron chi connectivity index (χ4n) is 1.70. The molecule has 20 heavy (non-hydrogen) atoms. The summed E-state index contributed by atoms with van der Waals surface area (Å²) in [5.41, 5.74) is 5.38. The second-order valence-electron chi connectivity index (χ2n) is 4.94. The lowest BCUT2D eigenvalue weighted by Gasteiger charge is -2.06. The highest BCUT2D eigenvalue weighted by atomic mass is 16.4. The van der Waals surface area contributed by atoms with Crippen LogP contribution in [0.2, 0.25) is 0 Å². The summed E-state index contributed by atoms with van der Waals surface area (Å²) in [5.74, 6) is -0.920. The van der Waals surface area contributed by atoms with Crippen molar-refractivity contribution in [2.45, 2.75) is 64.3 Å². The summed E-state index contributed by atoms with van der Waals surface area (Å²) in [7, 11) is 0. The van der Waals surface area contributed by atoms with Crippen LogP contribution < -0.4 is 11.1 Å². The lowest BCUT2D eigenvalue weighted by atomic mass is 10.1. The van der Waals surface area contributed by atoms with Gasteiger partial charge in [0.05, 0.1) is 0 Å². The molecule has 5 nitrogen and oxygen atoms in total. The maximum atomic E-state index is 11.5. The van der Waals surface area contributed by atoms with Gasteiger partial charge in [-0.1, -0.05) is 31.9 Å². The molecule has 1 atom stereocenters. The predicted octanol–water partition coefficient (Wildman–Crippen LogP) is 2.21. The first kappa shape index (κ1) is 18.6. The largest absolute Gasteiger partial charge is 0.480 e. The molecule has 0 aliphatic rings. The van der Waals surface area contributed by atoms with E-state index in [1.54, 1.807) is 0 Å². The van der Waals surface area contributed by atoms with Crippen LogP contribution in [0.15, 0.2) is 12.2 Å². The Hall–Kier alpha value is -1.36.